The van der Waals surface area contributed by atoms with Crippen LogP contribution in [0.2, 0.25) is 0 Å². The Balaban J connectivity index is 3.20. The van der Waals surface area contributed by atoms with Crippen LogP contribution in [0, 0.1) is 5.41 Å². The van der Waals surface area contributed by atoms with Crippen LogP contribution in [0.1, 0.15) is 33.6 Å². The van der Waals surface area contributed by atoms with Crippen molar-refractivity contribution in [3.63, 3.8) is 0 Å². The Morgan fingerprint density at radius 2 is 1.48 bits per heavy atom. The van der Waals surface area contributed by atoms with Crippen LogP contribution in [0.5, 0.6) is 0 Å². The normalized spacial score (nSPS) is 11.6. The van der Waals surface area contributed by atoms with Gasteiger partial charge in [-0.15, -0.1) is 0 Å². The van der Waals surface area contributed by atoms with Gasteiger partial charge in [0.1, 0.15) is 0 Å². The van der Waals surface area contributed by atoms with Crippen molar-refractivity contribution in [3.05, 3.63) is 0 Å². The summed E-state index contributed by atoms with van der Waals surface area (Å²) in [6.07, 6.45) is 1.44. The first-order valence-corrected chi connectivity index (χ1v) is 7.56. The number of carbonyl (C=O) groups is 1. The molecule has 0 atom stereocenters. The van der Waals surface area contributed by atoms with Crippen molar-refractivity contribution in [1.82, 2.24) is 5.32 Å². The topological polar surface area (TPSA) is 77.0 Å². The molecule has 6 heteroatoms. The zero-order chi connectivity index (χ0) is 16.0. The van der Waals surface area contributed by atoms with Crippen molar-refractivity contribution in [2.45, 2.75) is 33.6 Å². The van der Waals surface area contributed by atoms with Crippen LogP contribution in [0.25, 0.3) is 0 Å². The van der Waals surface area contributed by atoms with Crippen LogP contribution in [-0.4, -0.2) is 63.8 Å². The van der Waals surface area contributed by atoms with Gasteiger partial charge in [-0.3, -0.25) is 4.79 Å². The molecule has 0 aliphatic heterocycles. The molecule has 0 saturated heterocycles. The van der Waals surface area contributed by atoms with E-state index in [1.54, 1.807) is 0 Å². The lowest BCUT2D eigenvalue weighted by Gasteiger charge is -2.17. The van der Waals surface area contributed by atoms with Crippen molar-refractivity contribution in [1.29, 1.82) is 0 Å². The molecule has 126 valence electrons. The third-order valence-corrected chi connectivity index (χ3v) is 2.65. The molecular weight excluding hydrogens is 274 g/mol. The minimum Gasteiger partial charge on any atom is -0.394 e. The van der Waals surface area contributed by atoms with Gasteiger partial charge in [0.15, 0.2) is 0 Å². The highest BCUT2D eigenvalue weighted by atomic mass is 16.5. The molecule has 0 aromatic carbocycles. The summed E-state index contributed by atoms with van der Waals surface area (Å²) in [6.45, 7) is 9.73. The van der Waals surface area contributed by atoms with Gasteiger partial charge in [0.05, 0.1) is 46.2 Å². The minimum absolute atomic E-state index is 0.0323. The summed E-state index contributed by atoms with van der Waals surface area (Å²) < 4.78 is 15.6. The number of ether oxygens (including phenoxy) is 3. The fourth-order valence-electron chi connectivity index (χ4n) is 1.45. The predicted molar refractivity (Wildman–Crippen MR) is 81.2 cm³/mol. The molecule has 0 heterocycles. The summed E-state index contributed by atoms with van der Waals surface area (Å²) in [4.78, 5) is 11.5. The van der Waals surface area contributed by atoms with Crippen molar-refractivity contribution in [2.24, 2.45) is 5.41 Å². The molecule has 0 fully saturated rings. The van der Waals surface area contributed by atoms with Gasteiger partial charge in [-0.2, -0.15) is 0 Å². The third kappa shape index (κ3) is 17.3. The molecule has 0 aliphatic rings. The number of aliphatic hydroxyl groups excluding tert-OH is 1. The minimum atomic E-state index is 0.0323. The van der Waals surface area contributed by atoms with Crippen LogP contribution in [0.15, 0.2) is 0 Å². The molecule has 0 radical (unpaired) electrons. The molecule has 0 aromatic heterocycles. The van der Waals surface area contributed by atoms with Gasteiger partial charge in [-0.25, -0.2) is 0 Å². The zero-order valence-corrected chi connectivity index (χ0v) is 13.7. The molecule has 0 bridgehead atoms. The van der Waals surface area contributed by atoms with E-state index in [4.69, 9.17) is 19.3 Å². The van der Waals surface area contributed by atoms with Gasteiger partial charge in [-0.1, -0.05) is 20.8 Å². The molecule has 0 aliphatic carbocycles. The monoisotopic (exact) mass is 305 g/mol. The lowest BCUT2D eigenvalue weighted by Crippen LogP contribution is -2.28. The van der Waals surface area contributed by atoms with Crippen molar-refractivity contribution >= 4 is 5.91 Å². The molecule has 0 spiro atoms. The van der Waals surface area contributed by atoms with E-state index in [0.29, 0.717) is 52.6 Å². The van der Waals surface area contributed by atoms with E-state index in [0.717, 1.165) is 6.42 Å². The first kappa shape index (κ1) is 20.3. The highest BCUT2D eigenvalue weighted by molar-refractivity contribution is 5.75. The molecule has 0 aromatic rings. The van der Waals surface area contributed by atoms with Crippen LogP contribution in [0.4, 0.5) is 0 Å². The maximum atomic E-state index is 11.5. The van der Waals surface area contributed by atoms with Gasteiger partial charge in [0.25, 0.3) is 0 Å². The number of nitrogens with one attached hydrogen (secondary N) is 1. The van der Waals surface area contributed by atoms with Gasteiger partial charge in [0, 0.05) is 13.0 Å². The van der Waals surface area contributed by atoms with Crippen molar-refractivity contribution in [3.8, 4) is 0 Å². The average Bonchev–Trinajstić information content (AvgIpc) is 2.42. The molecule has 0 rings (SSSR count). The van der Waals surface area contributed by atoms with Gasteiger partial charge >= 0.3 is 0 Å². The van der Waals surface area contributed by atoms with E-state index >= 15 is 0 Å². The Hall–Kier alpha value is -0.690. The Morgan fingerprint density at radius 1 is 0.952 bits per heavy atom. The molecule has 21 heavy (non-hydrogen) atoms. The highest BCUT2D eigenvalue weighted by Gasteiger charge is 2.12. The lowest BCUT2D eigenvalue weighted by atomic mass is 9.90. The fraction of sp³-hybridized carbons (Fsp3) is 0.933. The fourth-order valence-corrected chi connectivity index (χ4v) is 1.45. The summed E-state index contributed by atoms with van der Waals surface area (Å²) in [7, 11) is 0. The SMILES string of the molecule is CC(C)(C)CCC(=O)NCCOCCOCCOCCO. The smallest absolute Gasteiger partial charge is 0.220 e. The maximum Gasteiger partial charge on any atom is 0.220 e. The molecule has 0 saturated carbocycles. The number of carbonyl (C=O) groups excluding carboxylic acids is 1. The lowest BCUT2D eigenvalue weighted by molar-refractivity contribution is -0.121. The Bertz CT molecular complexity index is 253. The molecule has 6 nitrogen and oxygen atoms in total. The summed E-state index contributed by atoms with van der Waals surface area (Å²) in [5.41, 5.74) is 0.187. The van der Waals surface area contributed by atoms with Crippen molar-refractivity contribution < 1.29 is 24.1 Å². The Kier molecular flexibility index (Phi) is 12.6. The van der Waals surface area contributed by atoms with Gasteiger partial charge < -0.3 is 24.6 Å². The summed E-state index contributed by atoms with van der Waals surface area (Å²) in [6, 6.07) is 0. The standard InChI is InChI=1S/C15H31NO5/c1-15(2,3)5-4-14(18)16-6-8-19-10-12-21-13-11-20-9-7-17/h17H,4-13H2,1-3H3,(H,16,18). The first-order valence-electron chi connectivity index (χ1n) is 7.56. The van der Waals surface area contributed by atoms with E-state index in [2.05, 4.69) is 26.1 Å². The quantitative estimate of drug-likeness (QED) is 0.496. The number of rotatable bonds is 13. The van der Waals surface area contributed by atoms with Crippen LogP contribution >= 0.6 is 0 Å². The van der Waals surface area contributed by atoms with E-state index in [9.17, 15) is 4.79 Å². The second-order valence-corrected chi connectivity index (χ2v) is 5.97. The average molecular weight is 305 g/mol. The number of amides is 1. The first-order chi connectivity index (χ1) is 9.95. The van der Waals surface area contributed by atoms with Crippen LogP contribution in [0.3, 0.4) is 0 Å². The van der Waals surface area contributed by atoms with Crippen LogP contribution in [-0.2, 0) is 19.0 Å². The van der Waals surface area contributed by atoms with E-state index in [-0.39, 0.29) is 17.9 Å². The van der Waals surface area contributed by atoms with E-state index in [1.807, 2.05) is 0 Å². The van der Waals surface area contributed by atoms with Gasteiger partial charge in [-0.05, 0) is 11.8 Å². The second kappa shape index (κ2) is 13.0. The van der Waals surface area contributed by atoms with Crippen molar-refractivity contribution in [2.75, 3.05) is 52.8 Å². The summed E-state index contributed by atoms with van der Waals surface area (Å²) in [5.74, 6) is 0.0748. The Labute approximate surface area is 128 Å². The number of hydrogen-bond donors (Lipinski definition) is 2. The van der Waals surface area contributed by atoms with Gasteiger partial charge in [0.2, 0.25) is 5.91 Å². The predicted octanol–water partition coefficient (Wildman–Crippen LogP) is 0.971. The van der Waals surface area contributed by atoms with E-state index in [1.165, 1.54) is 0 Å². The number of hydrogen-bond acceptors (Lipinski definition) is 5. The molecular formula is C15H31NO5. The third-order valence-electron chi connectivity index (χ3n) is 2.65. The largest absolute Gasteiger partial charge is 0.394 e. The summed E-state index contributed by atoms with van der Waals surface area (Å²) in [5, 5.41) is 11.3. The Morgan fingerprint density at radius 3 is 2.00 bits per heavy atom. The molecule has 0 unspecified atom stereocenters. The zero-order valence-electron chi connectivity index (χ0n) is 13.7. The molecule has 1 amide bonds. The second-order valence-electron chi connectivity index (χ2n) is 5.97. The van der Waals surface area contributed by atoms with Crippen LogP contribution < -0.4 is 5.32 Å². The number of aliphatic hydroxyl groups is 1. The van der Waals surface area contributed by atoms with E-state index < -0.39 is 0 Å². The maximum absolute atomic E-state index is 11.5. The summed E-state index contributed by atoms with van der Waals surface area (Å²) >= 11 is 0. The highest BCUT2D eigenvalue weighted by Crippen LogP contribution is 2.19. The molecule has 2 N–H and O–H groups in total.